The van der Waals surface area contributed by atoms with Gasteiger partial charge < -0.3 is 15.2 Å². The lowest BCUT2D eigenvalue weighted by Gasteiger charge is -2.08. The van der Waals surface area contributed by atoms with Gasteiger partial charge in [0.2, 0.25) is 11.8 Å². The molecule has 7 nitrogen and oxygen atoms in total. The van der Waals surface area contributed by atoms with Gasteiger partial charge in [-0.15, -0.1) is 10.2 Å². The highest BCUT2D eigenvalue weighted by Crippen LogP contribution is 2.33. The summed E-state index contributed by atoms with van der Waals surface area (Å²) in [6, 6.07) is 5.25. The number of hydrogen-bond donors (Lipinski definition) is 2. The van der Waals surface area contributed by atoms with Gasteiger partial charge in [0.15, 0.2) is 5.16 Å². The van der Waals surface area contributed by atoms with Crippen LogP contribution >= 0.6 is 23.4 Å². The van der Waals surface area contributed by atoms with Crippen LogP contribution in [0.5, 0.6) is 0 Å². The van der Waals surface area contributed by atoms with E-state index < -0.39 is 0 Å². The third-order valence-electron chi connectivity index (χ3n) is 3.24. The lowest BCUT2D eigenvalue weighted by molar-refractivity contribution is -0.124. The van der Waals surface area contributed by atoms with Crippen molar-refractivity contribution in [3.63, 3.8) is 0 Å². The van der Waals surface area contributed by atoms with Gasteiger partial charge in [-0.25, -0.2) is 0 Å². The van der Waals surface area contributed by atoms with E-state index in [9.17, 15) is 9.59 Å². The summed E-state index contributed by atoms with van der Waals surface area (Å²) < 4.78 is 1.79. The van der Waals surface area contributed by atoms with Crippen LogP contribution in [0.2, 0.25) is 5.02 Å². The van der Waals surface area contributed by atoms with Crippen LogP contribution in [-0.2, 0) is 16.6 Å². The van der Waals surface area contributed by atoms with Gasteiger partial charge in [-0.3, -0.25) is 9.59 Å². The quantitative estimate of drug-likeness (QED) is 0.733. The van der Waals surface area contributed by atoms with Gasteiger partial charge in [0, 0.05) is 37.0 Å². The van der Waals surface area contributed by atoms with Gasteiger partial charge in [0.05, 0.1) is 5.02 Å². The largest absolute Gasteiger partial charge is 0.356 e. The summed E-state index contributed by atoms with van der Waals surface area (Å²) in [5.41, 5.74) is 0.589. The molecule has 0 aliphatic heterocycles. The summed E-state index contributed by atoms with van der Waals surface area (Å²) in [5.74, 6) is -0.345. The molecule has 0 radical (unpaired) electrons. The molecule has 0 aliphatic carbocycles. The average Bonchev–Trinajstić information content (AvgIpc) is 2.98. The maximum Gasteiger partial charge on any atom is 0.224 e. The Kier molecular flexibility index (Phi) is 7.27. The van der Waals surface area contributed by atoms with Crippen LogP contribution in [0.4, 0.5) is 5.69 Å². The molecule has 1 heterocycles. The Bertz CT molecular complexity index is 750. The zero-order chi connectivity index (χ0) is 18.2. The molecule has 0 aliphatic rings. The van der Waals surface area contributed by atoms with Crippen molar-refractivity contribution in [2.75, 3.05) is 11.9 Å². The minimum Gasteiger partial charge on any atom is -0.356 e. The first kappa shape index (κ1) is 19.3. The highest BCUT2D eigenvalue weighted by atomic mass is 35.5. The Morgan fingerprint density at radius 2 is 2.04 bits per heavy atom. The predicted octanol–water partition coefficient (Wildman–Crippen LogP) is 2.86. The molecule has 0 fully saturated rings. The molecule has 9 heteroatoms. The smallest absolute Gasteiger partial charge is 0.224 e. The topological polar surface area (TPSA) is 88.9 Å². The summed E-state index contributed by atoms with van der Waals surface area (Å²) in [7, 11) is 1.85. The van der Waals surface area contributed by atoms with E-state index in [2.05, 4.69) is 20.8 Å². The molecule has 25 heavy (non-hydrogen) atoms. The Labute approximate surface area is 155 Å². The van der Waals surface area contributed by atoms with Crippen LogP contribution in [0.15, 0.2) is 34.6 Å². The van der Waals surface area contributed by atoms with Gasteiger partial charge in [0.1, 0.15) is 6.33 Å². The molecule has 2 rings (SSSR count). The monoisotopic (exact) mass is 381 g/mol. The van der Waals surface area contributed by atoms with Gasteiger partial charge in [-0.2, -0.15) is 0 Å². The zero-order valence-electron chi connectivity index (χ0n) is 14.1. The summed E-state index contributed by atoms with van der Waals surface area (Å²) >= 11 is 7.66. The van der Waals surface area contributed by atoms with Crippen LogP contribution in [0, 0.1) is 0 Å². The second-order valence-electron chi connectivity index (χ2n) is 5.37. The molecule has 134 valence electrons. The Hall–Kier alpha value is -2.06. The fraction of sp³-hybridized carbons (Fsp3) is 0.375. The van der Waals surface area contributed by atoms with Gasteiger partial charge >= 0.3 is 0 Å². The molecule has 0 unspecified atom stereocenters. The van der Waals surface area contributed by atoms with Crippen molar-refractivity contribution in [3.8, 4) is 0 Å². The number of benzene rings is 1. The minimum absolute atomic E-state index is 0.120. The van der Waals surface area contributed by atoms with Crippen molar-refractivity contribution in [2.24, 2.45) is 7.05 Å². The highest BCUT2D eigenvalue weighted by molar-refractivity contribution is 7.99. The maximum absolute atomic E-state index is 11.9. The molecule has 0 spiro atoms. The molecule has 2 amide bonds. The molecule has 0 atom stereocenters. The van der Waals surface area contributed by atoms with Crippen molar-refractivity contribution >= 4 is 40.9 Å². The highest BCUT2D eigenvalue weighted by Gasteiger charge is 2.10. The van der Waals surface area contributed by atoms with Crippen LogP contribution in [0.3, 0.4) is 0 Å². The number of nitrogens with zero attached hydrogens (tertiary/aromatic N) is 3. The number of hydrogen-bond acceptors (Lipinski definition) is 5. The van der Waals surface area contributed by atoms with E-state index in [1.54, 1.807) is 23.0 Å². The number of carbonyl (C=O) groups is 2. The Morgan fingerprint density at radius 3 is 2.68 bits per heavy atom. The predicted molar refractivity (Wildman–Crippen MR) is 97.7 cm³/mol. The van der Waals surface area contributed by atoms with Crippen molar-refractivity contribution in [3.05, 3.63) is 29.5 Å². The number of halogens is 1. The number of aromatic nitrogens is 3. The lowest BCUT2D eigenvalue weighted by atomic mass is 10.2. The molecular formula is C16H20ClN5O2S. The van der Waals surface area contributed by atoms with Crippen molar-refractivity contribution in [1.82, 2.24) is 20.1 Å². The molecule has 0 saturated heterocycles. The van der Waals surface area contributed by atoms with E-state index in [1.807, 2.05) is 20.0 Å². The van der Waals surface area contributed by atoms with Gasteiger partial charge in [-0.05, 0) is 36.4 Å². The molecule has 2 N–H and O–H groups in total. The molecular weight excluding hydrogens is 362 g/mol. The van der Waals surface area contributed by atoms with Crippen molar-refractivity contribution < 1.29 is 9.59 Å². The van der Waals surface area contributed by atoms with E-state index >= 15 is 0 Å². The third kappa shape index (κ3) is 6.06. The fourth-order valence-electron chi connectivity index (χ4n) is 1.93. The van der Waals surface area contributed by atoms with Crippen LogP contribution in [0.25, 0.3) is 0 Å². The molecule has 1 aromatic heterocycles. The molecule has 0 saturated carbocycles. The summed E-state index contributed by atoms with van der Waals surface area (Å²) in [4.78, 5) is 24.2. The zero-order valence-corrected chi connectivity index (χ0v) is 15.7. The number of amides is 2. The Balaban J connectivity index is 1.88. The first-order chi connectivity index (χ1) is 12.0. The minimum atomic E-state index is -0.226. The van der Waals surface area contributed by atoms with Gasteiger partial charge in [-0.1, -0.05) is 18.5 Å². The molecule has 0 bridgehead atoms. The summed E-state index contributed by atoms with van der Waals surface area (Å²) in [5, 5.41) is 14.5. The molecule has 1 aromatic carbocycles. The second kappa shape index (κ2) is 9.43. The van der Waals surface area contributed by atoms with E-state index in [4.69, 9.17) is 11.6 Å². The first-order valence-corrected chi connectivity index (χ1v) is 9.07. The summed E-state index contributed by atoms with van der Waals surface area (Å²) in [6.07, 6.45) is 2.78. The standard InChI is InChI=1S/C16H20ClN5O2S/c1-3-8-18-14(23)6-7-15(24)20-11-4-5-13(12(17)9-11)25-16-21-19-10-22(16)2/h4-5,9-10H,3,6-8H2,1-2H3,(H,18,23)(H,20,24). The van der Waals surface area contributed by atoms with Crippen molar-refractivity contribution in [1.29, 1.82) is 0 Å². The van der Waals surface area contributed by atoms with E-state index in [0.717, 1.165) is 16.5 Å². The van der Waals surface area contributed by atoms with E-state index in [-0.39, 0.29) is 24.7 Å². The van der Waals surface area contributed by atoms with Crippen LogP contribution in [-0.4, -0.2) is 33.1 Å². The lowest BCUT2D eigenvalue weighted by Crippen LogP contribution is -2.25. The average molecular weight is 382 g/mol. The number of aryl methyl sites for hydroxylation is 1. The van der Waals surface area contributed by atoms with E-state index in [0.29, 0.717) is 17.3 Å². The summed E-state index contributed by atoms with van der Waals surface area (Å²) in [6.45, 7) is 2.60. The second-order valence-corrected chi connectivity index (χ2v) is 6.79. The third-order valence-corrected chi connectivity index (χ3v) is 4.79. The van der Waals surface area contributed by atoms with E-state index in [1.165, 1.54) is 11.8 Å². The number of carbonyl (C=O) groups excluding carboxylic acids is 2. The normalized spacial score (nSPS) is 10.5. The van der Waals surface area contributed by atoms with Gasteiger partial charge in [0.25, 0.3) is 0 Å². The molecule has 2 aromatic rings. The number of anilines is 1. The maximum atomic E-state index is 11.9. The number of rotatable bonds is 8. The Morgan fingerprint density at radius 1 is 1.28 bits per heavy atom. The van der Waals surface area contributed by atoms with Crippen molar-refractivity contribution in [2.45, 2.75) is 36.2 Å². The van der Waals surface area contributed by atoms with Crippen LogP contribution in [0.1, 0.15) is 26.2 Å². The number of nitrogens with one attached hydrogen (secondary N) is 2. The SMILES string of the molecule is CCCNC(=O)CCC(=O)Nc1ccc(Sc2nncn2C)c(Cl)c1. The first-order valence-electron chi connectivity index (χ1n) is 7.87. The van der Waals surface area contributed by atoms with Crippen LogP contribution < -0.4 is 10.6 Å². The fourth-order valence-corrected chi connectivity index (χ4v) is 2.99.